The maximum Gasteiger partial charge on any atom is 0.236 e. The van der Waals surface area contributed by atoms with Crippen molar-refractivity contribution in [1.29, 1.82) is 0 Å². The normalized spacial score (nSPS) is 24.2. The summed E-state index contributed by atoms with van der Waals surface area (Å²) in [5, 5.41) is 0.0391. The fourth-order valence-corrected chi connectivity index (χ4v) is 3.51. The Morgan fingerprint density at radius 2 is 2.12 bits per heavy atom. The van der Waals surface area contributed by atoms with Gasteiger partial charge in [-0.2, -0.15) is 0 Å². The van der Waals surface area contributed by atoms with Crippen LogP contribution in [0.15, 0.2) is 18.2 Å². The van der Waals surface area contributed by atoms with E-state index >= 15 is 0 Å². The van der Waals surface area contributed by atoms with Crippen LogP contribution in [0.2, 0.25) is 5.02 Å². The zero-order valence-electron chi connectivity index (χ0n) is 8.48. The van der Waals surface area contributed by atoms with Crippen LogP contribution in [0.4, 0.5) is 0 Å². The standard InChI is InChI=1S/C10H10Cl2O3S/c1-15-9-4-6(2-3-8(9)11)7-5-10(7)16(12,13)14/h2-4,7,10H,5H2,1H3. The van der Waals surface area contributed by atoms with Crippen LogP contribution in [0.5, 0.6) is 5.75 Å². The Kier molecular flexibility index (Phi) is 3.07. The molecule has 0 heterocycles. The zero-order chi connectivity index (χ0) is 11.9. The van der Waals surface area contributed by atoms with Crippen molar-refractivity contribution >= 4 is 31.3 Å². The summed E-state index contributed by atoms with van der Waals surface area (Å²) in [5.74, 6) is 0.519. The number of rotatable bonds is 3. The average molecular weight is 281 g/mol. The molecule has 0 amide bonds. The summed E-state index contributed by atoms with van der Waals surface area (Å²) in [7, 11) is 3.36. The molecule has 0 spiro atoms. The van der Waals surface area contributed by atoms with Crippen LogP contribution in [-0.4, -0.2) is 20.8 Å². The highest BCUT2D eigenvalue weighted by atomic mass is 35.7. The minimum absolute atomic E-state index is 0.0336. The van der Waals surface area contributed by atoms with E-state index in [1.165, 1.54) is 7.11 Å². The van der Waals surface area contributed by atoms with E-state index in [2.05, 4.69) is 0 Å². The van der Waals surface area contributed by atoms with Crippen molar-refractivity contribution in [3.8, 4) is 5.75 Å². The lowest BCUT2D eigenvalue weighted by Gasteiger charge is -2.05. The molecule has 1 aromatic carbocycles. The van der Waals surface area contributed by atoms with E-state index in [9.17, 15) is 8.42 Å². The Balaban J connectivity index is 2.25. The van der Waals surface area contributed by atoms with Crippen LogP contribution in [-0.2, 0) is 9.05 Å². The molecule has 88 valence electrons. The van der Waals surface area contributed by atoms with Gasteiger partial charge in [0, 0.05) is 16.6 Å². The van der Waals surface area contributed by atoms with Crippen molar-refractivity contribution in [3.05, 3.63) is 28.8 Å². The molecule has 1 aliphatic carbocycles. The number of halogens is 2. The summed E-state index contributed by atoms with van der Waals surface area (Å²) >= 11 is 5.88. The summed E-state index contributed by atoms with van der Waals surface area (Å²) in [5.41, 5.74) is 0.899. The Hall–Kier alpha value is -0.450. The number of methoxy groups -OCH3 is 1. The summed E-state index contributed by atoms with van der Waals surface area (Å²) in [6, 6.07) is 5.26. The van der Waals surface area contributed by atoms with Gasteiger partial charge >= 0.3 is 0 Å². The maximum atomic E-state index is 11.1. The quantitative estimate of drug-likeness (QED) is 0.800. The summed E-state index contributed by atoms with van der Waals surface area (Å²) in [6.07, 6.45) is 0.566. The molecule has 0 radical (unpaired) electrons. The van der Waals surface area contributed by atoms with E-state index in [0.29, 0.717) is 17.2 Å². The molecule has 0 N–H and O–H groups in total. The number of benzene rings is 1. The Bertz CT molecular complexity index is 513. The first-order valence-corrected chi connectivity index (χ1v) is 7.45. The average Bonchev–Trinajstić information content (AvgIpc) is 2.97. The lowest BCUT2D eigenvalue weighted by Crippen LogP contribution is -1.99. The second kappa shape index (κ2) is 4.09. The van der Waals surface area contributed by atoms with Crippen molar-refractivity contribution in [2.45, 2.75) is 17.6 Å². The van der Waals surface area contributed by atoms with Gasteiger partial charge in [0.05, 0.1) is 17.4 Å². The predicted molar refractivity (Wildman–Crippen MR) is 63.9 cm³/mol. The largest absolute Gasteiger partial charge is 0.495 e. The molecular weight excluding hydrogens is 271 g/mol. The molecular formula is C10H10Cl2O3S. The van der Waals surface area contributed by atoms with Gasteiger partial charge in [-0.05, 0) is 24.1 Å². The van der Waals surface area contributed by atoms with Gasteiger partial charge in [-0.15, -0.1) is 0 Å². The van der Waals surface area contributed by atoms with E-state index in [0.717, 1.165) is 5.56 Å². The van der Waals surface area contributed by atoms with E-state index < -0.39 is 14.3 Å². The third-order valence-corrected chi connectivity index (χ3v) is 4.94. The van der Waals surface area contributed by atoms with Crippen molar-refractivity contribution in [1.82, 2.24) is 0 Å². The smallest absolute Gasteiger partial charge is 0.236 e. The van der Waals surface area contributed by atoms with E-state index in [1.807, 2.05) is 0 Å². The molecule has 1 aliphatic rings. The Labute approximate surface area is 104 Å². The molecule has 0 saturated heterocycles. The molecule has 3 nitrogen and oxygen atoms in total. The maximum absolute atomic E-state index is 11.1. The Morgan fingerprint density at radius 1 is 1.44 bits per heavy atom. The monoisotopic (exact) mass is 280 g/mol. The van der Waals surface area contributed by atoms with E-state index in [1.54, 1.807) is 18.2 Å². The van der Waals surface area contributed by atoms with Crippen molar-refractivity contribution in [3.63, 3.8) is 0 Å². The van der Waals surface area contributed by atoms with Crippen LogP contribution in [0, 0.1) is 0 Å². The first kappa shape index (κ1) is 12.0. The lowest BCUT2D eigenvalue weighted by atomic mass is 10.1. The molecule has 6 heteroatoms. The van der Waals surface area contributed by atoms with E-state index in [-0.39, 0.29) is 5.92 Å². The van der Waals surface area contributed by atoms with E-state index in [4.69, 9.17) is 27.0 Å². The highest BCUT2D eigenvalue weighted by Crippen LogP contribution is 2.48. The molecule has 2 rings (SSSR count). The van der Waals surface area contributed by atoms with Gasteiger partial charge in [-0.25, -0.2) is 8.42 Å². The zero-order valence-corrected chi connectivity index (χ0v) is 10.8. The van der Waals surface area contributed by atoms with Crippen molar-refractivity contribution in [2.75, 3.05) is 7.11 Å². The molecule has 1 fully saturated rings. The summed E-state index contributed by atoms with van der Waals surface area (Å²) in [4.78, 5) is 0. The fourth-order valence-electron chi connectivity index (χ4n) is 1.74. The number of ether oxygens (including phenoxy) is 1. The van der Waals surface area contributed by atoms with Gasteiger partial charge in [-0.1, -0.05) is 17.7 Å². The van der Waals surface area contributed by atoms with Crippen LogP contribution < -0.4 is 4.74 Å². The van der Waals surface area contributed by atoms with Crippen LogP contribution in [0.3, 0.4) is 0 Å². The fraction of sp³-hybridized carbons (Fsp3) is 0.400. The molecule has 0 bridgehead atoms. The minimum atomic E-state index is -3.46. The minimum Gasteiger partial charge on any atom is -0.495 e. The summed E-state index contributed by atoms with van der Waals surface area (Å²) < 4.78 is 27.3. The lowest BCUT2D eigenvalue weighted by molar-refractivity contribution is 0.414. The SMILES string of the molecule is COc1cc(C2CC2S(=O)(=O)Cl)ccc1Cl. The van der Waals surface area contributed by atoms with Gasteiger partial charge in [0.25, 0.3) is 0 Å². The highest BCUT2D eigenvalue weighted by Gasteiger charge is 2.47. The second-order valence-electron chi connectivity index (χ2n) is 3.75. The number of hydrogen-bond acceptors (Lipinski definition) is 3. The van der Waals surface area contributed by atoms with Crippen LogP contribution in [0.25, 0.3) is 0 Å². The van der Waals surface area contributed by atoms with Gasteiger partial charge in [0.1, 0.15) is 5.75 Å². The first-order chi connectivity index (χ1) is 7.43. The molecule has 16 heavy (non-hydrogen) atoms. The third-order valence-electron chi connectivity index (χ3n) is 2.70. The molecule has 0 aliphatic heterocycles. The molecule has 0 aromatic heterocycles. The first-order valence-electron chi connectivity index (χ1n) is 4.70. The number of hydrogen-bond donors (Lipinski definition) is 0. The second-order valence-corrected chi connectivity index (χ2v) is 7.00. The van der Waals surface area contributed by atoms with Crippen LogP contribution >= 0.6 is 22.3 Å². The van der Waals surface area contributed by atoms with Gasteiger partial charge in [0.15, 0.2) is 0 Å². The van der Waals surface area contributed by atoms with Gasteiger partial charge in [0.2, 0.25) is 9.05 Å². The predicted octanol–water partition coefficient (Wildman–Crippen LogP) is 2.77. The van der Waals surface area contributed by atoms with Gasteiger partial charge < -0.3 is 4.74 Å². The Morgan fingerprint density at radius 3 is 2.62 bits per heavy atom. The van der Waals surface area contributed by atoms with Gasteiger partial charge in [-0.3, -0.25) is 0 Å². The van der Waals surface area contributed by atoms with Crippen LogP contribution in [0.1, 0.15) is 17.9 Å². The summed E-state index contributed by atoms with van der Waals surface area (Å²) in [6.45, 7) is 0. The molecule has 2 atom stereocenters. The molecule has 2 unspecified atom stereocenters. The molecule has 1 aromatic rings. The topological polar surface area (TPSA) is 43.4 Å². The highest BCUT2D eigenvalue weighted by molar-refractivity contribution is 8.14. The molecule has 1 saturated carbocycles. The van der Waals surface area contributed by atoms with Crippen molar-refractivity contribution < 1.29 is 13.2 Å². The van der Waals surface area contributed by atoms with Crippen molar-refractivity contribution in [2.24, 2.45) is 0 Å². The third kappa shape index (κ3) is 2.29.